The number of aromatic nitrogens is 3. The summed E-state index contributed by atoms with van der Waals surface area (Å²) in [4.78, 5) is 237. The van der Waals surface area contributed by atoms with E-state index in [0.29, 0.717) is 102 Å². The first kappa shape index (κ1) is 102. The molecule has 6 aromatic rings. The summed E-state index contributed by atoms with van der Waals surface area (Å²) in [7, 11) is 5.59. The van der Waals surface area contributed by atoms with Gasteiger partial charge in [-0.3, -0.25) is 71.8 Å². The molecular formula is C98H121N17O22. The topological polar surface area (TPSA) is 526 Å². The number of carbonyl (C=O) groups excluding carboxylic acids is 15. The van der Waals surface area contributed by atoms with Crippen LogP contribution in [0.4, 0.5) is 11.4 Å². The minimum atomic E-state index is -1.88. The van der Waals surface area contributed by atoms with E-state index in [1.165, 1.54) is 86.8 Å². The van der Waals surface area contributed by atoms with Gasteiger partial charge in [-0.2, -0.15) is 5.10 Å². The van der Waals surface area contributed by atoms with Gasteiger partial charge in [-0.25, -0.2) is 14.6 Å². The van der Waals surface area contributed by atoms with Crippen LogP contribution < -0.4 is 48.4 Å². The number of aliphatic hydroxyl groups is 2. The molecular weight excluding hydrogens is 1770 g/mol. The Morgan fingerprint density at radius 1 is 0.540 bits per heavy atom. The number of aromatic hydroxyl groups is 1. The zero-order chi connectivity index (χ0) is 99.9. The van der Waals surface area contributed by atoms with Crippen molar-refractivity contribution >= 4 is 122 Å². The number of ketones is 3. The molecule has 39 heteroatoms. The zero-order valence-electron chi connectivity index (χ0n) is 79.8. The van der Waals surface area contributed by atoms with Crippen LogP contribution in [0, 0.1) is 37.5 Å². The Hall–Kier alpha value is -13.9. The van der Waals surface area contributed by atoms with E-state index in [1.807, 2.05) is 22.9 Å². The van der Waals surface area contributed by atoms with Crippen molar-refractivity contribution in [2.45, 2.75) is 176 Å². The molecule has 5 aromatic carbocycles. The van der Waals surface area contributed by atoms with E-state index in [0.717, 1.165) is 20.7 Å². The maximum absolute atomic E-state index is 15.2. The number of cyclic esters (lactones) is 2. The lowest BCUT2D eigenvalue weighted by Gasteiger charge is -2.36. The molecule has 8 aliphatic rings. The van der Waals surface area contributed by atoms with Gasteiger partial charge in [0.05, 0.1) is 66.3 Å². The summed E-state index contributed by atoms with van der Waals surface area (Å²) in [5, 5.41) is 54.1. The number of nitrogen functional groups attached to an aromatic ring is 1. The summed E-state index contributed by atoms with van der Waals surface area (Å²) in [6, 6.07) is 14.9. The van der Waals surface area contributed by atoms with Crippen LogP contribution in [-0.2, 0) is 64.0 Å². The number of aliphatic hydroxyl groups excluding tert-OH is 2. The Balaban J connectivity index is 0.000000286. The molecule has 0 saturated carbocycles. The van der Waals surface area contributed by atoms with E-state index in [4.69, 9.17) is 39.9 Å². The number of benzene rings is 6. The number of nitrogens with zero attached hydrogens (tertiary/aromatic N) is 9. The maximum Gasteiger partial charge on any atom is 0.329 e. The Kier molecular flexibility index (Phi) is 32.3. The van der Waals surface area contributed by atoms with E-state index >= 15 is 9.59 Å². The van der Waals surface area contributed by atoms with Crippen molar-refractivity contribution in [1.82, 2.24) is 76.1 Å². The molecule has 10 unspecified atom stereocenters. The standard InChI is InChI=1S/C62H86N12O16.C22H27N5O4.C14H8O2/c1-27(2)42-59(84)73-23-17-19-36(73)57(82)69(13)25-38(75)71(15)48(29(5)6)61(86)88-33(11)44(55(80)65-42)67-53(78)35-22-21-31(9)51-46(35)64-47-40(41(63)50(77)32(10)52(47)90-51)54(79)68-45-34(12)89-62(87)49(30(7)8)72(16)39(76)26-70(14)58(83)37-20-18-24-74(37)60(85)43(28(3)4)66-56(45)81;28-12-9-23-6-7-25-15-4-5-16-20-19(15)22(31)18-14(2-1-3-17(18)30)21(20)26-27(16)11-8-24-10-13-29;15-13-9-5-1-2-6-10(9)14(16)12-8-4-3-7-11(12)13/h21-22,27-30,33-34,36-37,42-45,48-49H,17-20,23-26,63H2,1-16H3,(H,65,80)(H,66,81)(H,67,78)(H,68,79);1-5,23-25,28-30H,6-13H2;1-8H. The third-order valence-corrected chi connectivity index (χ3v) is 25.7. The van der Waals surface area contributed by atoms with Gasteiger partial charge in [-0.15, -0.1) is 0 Å². The number of hydrogen-bond donors (Lipinski definition) is 11. The molecule has 5 aliphatic heterocycles. The first-order chi connectivity index (χ1) is 65.1. The summed E-state index contributed by atoms with van der Waals surface area (Å²) >= 11 is 0. The third-order valence-electron chi connectivity index (χ3n) is 25.7. The number of nitrogens with two attached hydrogens (primary N) is 1. The van der Waals surface area contributed by atoms with Crippen molar-refractivity contribution in [1.29, 1.82) is 0 Å². The van der Waals surface area contributed by atoms with Gasteiger partial charge in [0, 0.05) is 118 Å². The normalized spacial score (nSPS) is 21.6. The van der Waals surface area contributed by atoms with Gasteiger partial charge in [0.2, 0.25) is 52.7 Å². The Morgan fingerprint density at radius 2 is 1.01 bits per heavy atom. The zero-order valence-corrected chi connectivity index (χ0v) is 79.8. The van der Waals surface area contributed by atoms with Crippen LogP contribution in [0.25, 0.3) is 44.7 Å². The van der Waals surface area contributed by atoms with Crippen molar-refractivity contribution in [3.8, 4) is 28.5 Å². The number of hydrogen-bond acceptors (Lipinski definition) is 28. The second-order valence-corrected chi connectivity index (χ2v) is 36.7. The summed E-state index contributed by atoms with van der Waals surface area (Å²) in [6.07, 6.45) is -1.65. The van der Waals surface area contributed by atoms with Crippen LogP contribution in [0.2, 0.25) is 0 Å². The molecule has 137 heavy (non-hydrogen) atoms. The van der Waals surface area contributed by atoms with Crippen molar-refractivity contribution in [2.24, 2.45) is 23.7 Å². The average molecular weight is 1890 g/mol. The molecule has 10 atom stereocenters. The first-order valence-electron chi connectivity index (χ1n) is 46.0. The van der Waals surface area contributed by atoms with Crippen molar-refractivity contribution in [3.63, 3.8) is 0 Å². The highest BCUT2D eigenvalue weighted by Gasteiger charge is 2.48. The van der Waals surface area contributed by atoms with Crippen molar-refractivity contribution < 1.29 is 101 Å². The molecule has 0 bridgehead atoms. The third kappa shape index (κ3) is 21.1. The number of carbonyl (C=O) groups is 15. The average Bonchev–Trinajstić information content (AvgIpc) is 1.60. The molecule has 4 saturated heterocycles. The van der Waals surface area contributed by atoms with Crippen LogP contribution in [0.5, 0.6) is 5.75 Å². The van der Waals surface area contributed by atoms with E-state index in [9.17, 15) is 72.2 Å². The molecule has 6 heterocycles. The molecule has 12 N–H and O–H groups in total. The Bertz CT molecular complexity index is 6000. The molecule has 14 rings (SSSR count). The smallest absolute Gasteiger partial charge is 0.329 e. The number of nitrogens with one attached hydrogen (secondary N) is 7. The lowest BCUT2D eigenvalue weighted by Crippen LogP contribution is -2.61. The number of esters is 2. The second kappa shape index (κ2) is 43.4. The van der Waals surface area contributed by atoms with Gasteiger partial charge in [-0.05, 0) is 107 Å². The number of anilines is 2. The number of ether oxygens (including phenoxy) is 2. The minimum absolute atomic E-state index is 0.0557. The number of phenolic OH excluding ortho intramolecular Hbond substituents is 1. The van der Waals surface area contributed by atoms with Gasteiger partial charge in [0.1, 0.15) is 83.2 Å². The van der Waals surface area contributed by atoms with Crippen LogP contribution in [-0.4, -0.2) is 309 Å². The Morgan fingerprint density at radius 3 is 1.49 bits per heavy atom. The minimum Gasteiger partial charge on any atom is -0.507 e. The maximum atomic E-state index is 15.2. The van der Waals surface area contributed by atoms with E-state index < -0.39 is 191 Å². The van der Waals surface area contributed by atoms with Crippen LogP contribution in [0.3, 0.4) is 0 Å². The highest BCUT2D eigenvalue weighted by molar-refractivity contribution is 6.30. The number of phenols is 1. The predicted octanol–water partition coefficient (Wildman–Crippen LogP) is 3.72. The fourth-order valence-corrected chi connectivity index (χ4v) is 18.3. The summed E-state index contributed by atoms with van der Waals surface area (Å²) in [5.74, 6) is -12.8. The first-order valence-corrected chi connectivity index (χ1v) is 46.0. The van der Waals surface area contributed by atoms with Crippen LogP contribution in [0.1, 0.15) is 175 Å². The van der Waals surface area contributed by atoms with E-state index in [-0.39, 0.29) is 95.8 Å². The number of amides is 10. The summed E-state index contributed by atoms with van der Waals surface area (Å²) < 4.78 is 20.2. The van der Waals surface area contributed by atoms with E-state index in [2.05, 4.69) is 37.2 Å². The second-order valence-electron chi connectivity index (χ2n) is 36.7. The van der Waals surface area contributed by atoms with E-state index in [1.54, 1.807) is 117 Å². The van der Waals surface area contributed by atoms with Gasteiger partial charge in [-0.1, -0.05) is 122 Å². The SMILES string of the molecule is Cc1c2oc3c(C)ccc(C(=O)NC4C(=O)NC(C(C)C)C(=O)N5CCCC5C(=O)N(C)CC(=O)N(C)C(C(C)C)C(=O)OC4C)c3nc-2c(C(=O)NC2C(=O)NC(C(C)C)C(=O)N3CCCC3C(=O)N(C)CC(=O)N(C)C(C(C)C)C(=O)OC2C)c(N)c1=O.O=C1c2c(O)cccc2-c2nn(CCNCCO)c3ccc(NCCNCCO)c1c23.O=C1c2ccccc2C(=O)c2ccccc21. The lowest BCUT2D eigenvalue weighted by atomic mass is 9.84. The predicted molar refractivity (Wildman–Crippen MR) is 504 cm³/mol. The lowest BCUT2D eigenvalue weighted by molar-refractivity contribution is -0.163. The molecule has 10 amide bonds. The number of aryl methyl sites for hydroxylation is 1. The van der Waals surface area contributed by atoms with Crippen LogP contribution in [0.15, 0.2) is 100 Å². The van der Waals surface area contributed by atoms with Crippen LogP contribution >= 0.6 is 0 Å². The molecule has 0 radical (unpaired) electrons. The molecule has 0 spiro atoms. The Labute approximate surface area is 791 Å². The largest absolute Gasteiger partial charge is 0.507 e. The number of fused-ring (bicyclic) bond motifs is 8. The van der Waals surface area contributed by atoms with Gasteiger partial charge in [0.15, 0.2) is 28.7 Å². The molecule has 4 fully saturated rings. The number of likely N-dealkylation sites (N-methyl/N-ethyl adjacent to an activating group) is 4. The highest BCUT2D eigenvalue weighted by atomic mass is 16.6. The molecule has 39 nitrogen and oxygen atoms in total. The van der Waals surface area contributed by atoms with Crippen molar-refractivity contribution in [2.75, 3.05) is 111 Å². The fraction of sp³-hybridized carbons (Fsp3) is 0.469. The van der Waals surface area contributed by atoms with Gasteiger partial charge in [0.25, 0.3) is 11.8 Å². The number of rotatable bonds is 19. The molecule has 3 aliphatic carbocycles. The van der Waals surface area contributed by atoms with Crippen molar-refractivity contribution in [3.05, 3.63) is 157 Å². The molecule has 730 valence electrons. The quantitative estimate of drug-likeness (QED) is 0.0238. The summed E-state index contributed by atoms with van der Waals surface area (Å²) in [5.41, 5.74) is 9.23. The highest BCUT2D eigenvalue weighted by Crippen LogP contribution is 2.45. The molecule has 1 aromatic heterocycles. The summed E-state index contributed by atoms with van der Waals surface area (Å²) in [6.45, 7) is 21.9. The monoisotopic (exact) mass is 1890 g/mol. The van der Waals surface area contributed by atoms with Gasteiger partial charge < -0.3 is 102 Å². The fourth-order valence-electron chi connectivity index (χ4n) is 18.3. The van der Waals surface area contributed by atoms with Gasteiger partial charge >= 0.3 is 11.9 Å².